The van der Waals surface area contributed by atoms with Crippen LogP contribution in [0.25, 0.3) is 0 Å². The van der Waals surface area contributed by atoms with E-state index in [9.17, 15) is 14.0 Å². The van der Waals surface area contributed by atoms with Gasteiger partial charge in [-0.1, -0.05) is 49.2 Å². The monoisotopic (exact) mass is 670 g/mol. The lowest BCUT2D eigenvalue weighted by atomic mass is 9.93. The van der Waals surface area contributed by atoms with Gasteiger partial charge in [0, 0.05) is 42.6 Å². The molecule has 0 bridgehead atoms. The fourth-order valence-electron chi connectivity index (χ4n) is 7.30. The number of thioether (sulfide) groups is 1. The Kier molecular flexibility index (Phi) is 7.94. The molecule has 1 N–H and O–H groups in total. The number of allylic oxidation sites excluding steroid dienone is 1. The van der Waals surface area contributed by atoms with Gasteiger partial charge >= 0.3 is 0 Å². The van der Waals surface area contributed by atoms with Gasteiger partial charge in [0.05, 0.1) is 11.1 Å². The Hall–Kier alpha value is -2.66. The van der Waals surface area contributed by atoms with Crippen molar-refractivity contribution in [3.05, 3.63) is 74.3 Å². The highest BCUT2D eigenvalue weighted by atomic mass is 35.5. The molecule has 5 heterocycles. The third kappa shape index (κ3) is 5.35. The average Bonchev–Trinajstić information content (AvgIpc) is 3.31. The predicted molar refractivity (Wildman–Crippen MR) is 175 cm³/mol. The lowest BCUT2D eigenvalue weighted by Gasteiger charge is -2.42. The molecule has 3 fully saturated rings. The number of halogens is 3. The molecule has 1 aliphatic carbocycles. The topological polar surface area (TPSA) is 81.1 Å². The Morgan fingerprint density at radius 2 is 1.84 bits per heavy atom. The van der Waals surface area contributed by atoms with Crippen LogP contribution in [-0.4, -0.2) is 73.4 Å². The summed E-state index contributed by atoms with van der Waals surface area (Å²) in [4.78, 5) is 44.6. The van der Waals surface area contributed by atoms with Crippen LogP contribution in [0.1, 0.15) is 76.6 Å². The molecule has 5 aliphatic rings. The number of aromatic nitrogens is 1. The molecular formula is C33H37Cl2FN6O2S. The van der Waals surface area contributed by atoms with E-state index >= 15 is 0 Å². The Balaban J connectivity index is 1.25. The van der Waals surface area contributed by atoms with Gasteiger partial charge in [-0.2, -0.15) is 0 Å². The zero-order valence-electron chi connectivity index (χ0n) is 25.8. The van der Waals surface area contributed by atoms with Crippen molar-refractivity contribution in [2.45, 2.75) is 89.1 Å². The number of pyridine rings is 1. The Bertz CT molecular complexity index is 1610. The lowest BCUT2D eigenvalue weighted by molar-refractivity contribution is -0.145. The number of likely N-dealkylation sites (tertiary alicyclic amines) is 1. The minimum atomic E-state index is -0.517. The summed E-state index contributed by atoms with van der Waals surface area (Å²) in [5.41, 5.74) is 2.39. The second-order valence-electron chi connectivity index (χ2n) is 13.4. The normalized spacial score (nSPS) is 28.8. The van der Waals surface area contributed by atoms with E-state index in [4.69, 9.17) is 28.2 Å². The van der Waals surface area contributed by atoms with Gasteiger partial charge in [-0.25, -0.2) is 9.37 Å². The molecule has 2 saturated heterocycles. The molecule has 12 heteroatoms. The quantitative estimate of drug-likeness (QED) is 0.375. The van der Waals surface area contributed by atoms with E-state index in [0.29, 0.717) is 33.8 Å². The van der Waals surface area contributed by atoms with E-state index in [1.807, 2.05) is 28.9 Å². The number of hydrogen-bond acceptors (Lipinski definition) is 7. The van der Waals surface area contributed by atoms with E-state index in [-0.39, 0.29) is 40.4 Å². The second kappa shape index (κ2) is 11.5. The number of nitrogens with one attached hydrogen (secondary N) is 1. The van der Waals surface area contributed by atoms with Crippen molar-refractivity contribution in [3.8, 4) is 0 Å². The minimum absolute atomic E-state index is 0.0408. The molecular weight excluding hydrogens is 634 g/mol. The van der Waals surface area contributed by atoms with Gasteiger partial charge < -0.3 is 20.0 Å². The van der Waals surface area contributed by atoms with Crippen molar-refractivity contribution in [2.75, 3.05) is 13.1 Å². The number of rotatable bonds is 5. The summed E-state index contributed by atoms with van der Waals surface area (Å²) in [7, 11) is 0. The smallest absolute Gasteiger partial charge is 0.263 e. The number of piperazine rings is 1. The molecule has 4 aliphatic heterocycles. The van der Waals surface area contributed by atoms with Crippen LogP contribution < -0.4 is 5.32 Å². The summed E-state index contributed by atoms with van der Waals surface area (Å²) in [5.74, 6) is -0.666. The molecule has 1 unspecified atom stereocenters. The molecule has 1 aromatic heterocycles. The summed E-state index contributed by atoms with van der Waals surface area (Å²) < 4.78 is 14.9. The highest BCUT2D eigenvalue weighted by Crippen LogP contribution is 2.54. The first-order valence-electron chi connectivity index (χ1n) is 15.7. The fourth-order valence-corrected chi connectivity index (χ4v) is 8.82. The summed E-state index contributed by atoms with van der Waals surface area (Å²) in [6.07, 6.45) is 5.27. The van der Waals surface area contributed by atoms with Crippen LogP contribution in [0.15, 0.2) is 52.1 Å². The number of benzene rings is 1. The third-order valence-corrected chi connectivity index (χ3v) is 11.5. The van der Waals surface area contributed by atoms with Crippen molar-refractivity contribution in [1.29, 1.82) is 0 Å². The first-order chi connectivity index (χ1) is 21.5. The van der Waals surface area contributed by atoms with Crippen molar-refractivity contribution in [1.82, 2.24) is 25.0 Å². The number of hydrogen-bond donors (Lipinski definition) is 1. The number of aliphatic imine (C=N–C) groups is 1. The molecule has 0 radical (unpaired) electrons. The molecule has 8 nitrogen and oxygen atoms in total. The maximum Gasteiger partial charge on any atom is 0.263 e. The molecule has 2 aromatic rings. The van der Waals surface area contributed by atoms with Crippen molar-refractivity contribution >= 4 is 51.9 Å². The maximum atomic E-state index is 14.9. The van der Waals surface area contributed by atoms with E-state index in [1.165, 1.54) is 17.8 Å². The van der Waals surface area contributed by atoms with Crippen LogP contribution in [0.4, 0.5) is 4.39 Å². The molecule has 45 heavy (non-hydrogen) atoms. The number of amidine groups is 1. The Morgan fingerprint density at radius 1 is 1.09 bits per heavy atom. The number of amides is 2. The highest BCUT2D eigenvalue weighted by Gasteiger charge is 2.53. The fraction of sp³-hybridized carbons (Fsp3) is 0.515. The summed E-state index contributed by atoms with van der Waals surface area (Å²) in [5, 5.41) is 4.70. The van der Waals surface area contributed by atoms with Gasteiger partial charge in [0.2, 0.25) is 5.91 Å². The SMILES string of the molecule is CC(C)C1=C(C(=O)N2[C@H](C)CC[C@H]2C(=O)N2CC3(CC3)NC[C@@H]2C)SC2=NC(c3ccc(Cl)nc3)[C@@H](c3ccc(Cl)c(F)c3)N21. The summed E-state index contributed by atoms with van der Waals surface area (Å²) in [6, 6.07) is 7.06. The molecule has 1 spiro atoms. The van der Waals surface area contributed by atoms with E-state index in [2.05, 4.69) is 36.0 Å². The molecule has 238 valence electrons. The van der Waals surface area contributed by atoms with E-state index in [0.717, 1.165) is 37.1 Å². The number of fused-ring (bicyclic) bond motifs is 1. The Morgan fingerprint density at radius 3 is 2.51 bits per heavy atom. The van der Waals surface area contributed by atoms with Crippen molar-refractivity contribution < 1.29 is 14.0 Å². The molecule has 7 rings (SSSR count). The van der Waals surface area contributed by atoms with Crippen LogP contribution in [0.3, 0.4) is 0 Å². The van der Waals surface area contributed by atoms with Crippen molar-refractivity contribution in [3.63, 3.8) is 0 Å². The van der Waals surface area contributed by atoms with Crippen LogP contribution in [0.2, 0.25) is 10.2 Å². The summed E-state index contributed by atoms with van der Waals surface area (Å²) >= 11 is 13.5. The molecule has 2 amide bonds. The highest BCUT2D eigenvalue weighted by molar-refractivity contribution is 8.18. The van der Waals surface area contributed by atoms with Crippen LogP contribution in [0, 0.1) is 11.7 Å². The van der Waals surface area contributed by atoms with Crippen LogP contribution in [-0.2, 0) is 9.59 Å². The average molecular weight is 672 g/mol. The minimum Gasteiger partial charge on any atom is -0.335 e. The van der Waals surface area contributed by atoms with E-state index in [1.54, 1.807) is 18.3 Å². The van der Waals surface area contributed by atoms with Gasteiger partial charge in [0.1, 0.15) is 28.0 Å². The van der Waals surface area contributed by atoms with Gasteiger partial charge in [-0.05, 0) is 86.5 Å². The first-order valence-corrected chi connectivity index (χ1v) is 17.3. The largest absolute Gasteiger partial charge is 0.335 e. The zero-order valence-corrected chi connectivity index (χ0v) is 28.1. The molecule has 5 atom stereocenters. The van der Waals surface area contributed by atoms with Crippen molar-refractivity contribution in [2.24, 2.45) is 10.9 Å². The van der Waals surface area contributed by atoms with E-state index < -0.39 is 23.9 Å². The second-order valence-corrected chi connectivity index (χ2v) is 15.1. The number of carbonyl (C=O) groups excluding carboxylic acids is 2. The van der Waals surface area contributed by atoms with Crippen LogP contribution >= 0.6 is 35.0 Å². The number of carbonyl (C=O) groups is 2. The van der Waals surface area contributed by atoms with Gasteiger partial charge in [0.25, 0.3) is 5.91 Å². The lowest BCUT2D eigenvalue weighted by Crippen LogP contribution is -2.62. The molecule has 1 saturated carbocycles. The van der Waals surface area contributed by atoms with Gasteiger partial charge in [-0.15, -0.1) is 0 Å². The van der Waals surface area contributed by atoms with Gasteiger partial charge in [-0.3, -0.25) is 14.6 Å². The third-order valence-electron chi connectivity index (χ3n) is 9.94. The zero-order chi connectivity index (χ0) is 31.8. The standard InChI is InChI=1S/C33H37Cl2FN6O2S/c1-17(2)27-29(31(44)41-18(3)5-9-24(41)30(43)40-16-33(11-12-33)38-14-19(40)4)45-32-39-26(21-7-10-25(35)37-15-21)28(42(27)32)20-6-8-22(34)23(36)13-20/h6-8,10,13,15,17-19,24,26,28,38H,5,9,11-12,14,16H2,1-4H3/t18-,19+,24+,26?,28-/m1/s1. The van der Waals surface area contributed by atoms with Gasteiger partial charge in [0.15, 0.2) is 5.17 Å². The first kappa shape index (κ1) is 31.0. The maximum absolute atomic E-state index is 14.9. The van der Waals surface area contributed by atoms with Crippen LogP contribution in [0.5, 0.6) is 0 Å². The number of nitrogens with zero attached hydrogens (tertiary/aromatic N) is 5. The molecule has 1 aromatic carbocycles. The Labute approximate surface area is 277 Å². The predicted octanol–water partition coefficient (Wildman–Crippen LogP) is 6.33. The summed E-state index contributed by atoms with van der Waals surface area (Å²) in [6.45, 7) is 9.68.